The van der Waals surface area contributed by atoms with Crippen LogP contribution in [0.15, 0.2) is 36.5 Å². The molecule has 3 atom stereocenters. The molecule has 1 saturated heterocycles. The van der Waals surface area contributed by atoms with E-state index in [0.29, 0.717) is 17.5 Å². The van der Waals surface area contributed by atoms with Crippen LogP contribution in [0.25, 0.3) is 5.69 Å². The smallest absolute Gasteiger partial charge is 0.276 e. The van der Waals surface area contributed by atoms with Crippen LogP contribution in [0.2, 0.25) is 0 Å². The van der Waals surface area contributed by atoms with E-state index < -0.39 is 0 Å². The highest BCUT2D eigenvalue weighted by Gasteiger charge is 2.42. The molecule has 0 bridgehead atoms. The summed E-state index contributed by atoms with van der Waals surface area (Å²) in [5.41, 5.74) is 7.38. The van der Waals surface area contributed by atoms with Gasteiger partial charge < -0.3 is 10.6 Å². The van der Waals surface area contributed by atoms with Crippen molar-refractivity contribution in [2.45, 2.75) is 18.9 Å². The summed E-state index contributed by atoms with van der Waals surface area (Å²) >= 11 is 0. The summed E-state index contributed by atoms with van der Waals surface area (Å²) in [7, 11) is 0. The van der Waals surface area contributed by atoms with Crippen LogP contribution in [0.1, 0.15) is 23.3 Å². The fourth-order valence-corrected chi connectivity index (χ4v) is 3.68. The molecule has 1 aliphatic heterocycles. The summed E-state index contributed by atoms with van der Waals surface area (Å²) in [6.45, 7) is 1.55. The number of nitrogens with zero attached hydrogens (tertiary/aromatic N) is 4. The average Bonchev–Trinajstić information content (AvgIpc) is 3.25. The van der Waals surface area contributed by atoms with Crippen molar-refractivity contribution >= 4 is 5.91 Å². The van der Waals surface area contributed by atoms with Crippen LogP contribution in [0.5, 0.6) is 0 Å². The van der Waals surface area contributed by atoms with Crippen molar-refractivity contribution in [3.05, 3.63) is 42.2 Å². The zero-order valence-electron chi connectivity index (χ0n) is 12.3. The number of likely N-dealkylation sites (tertiary alicyclic amines) is 1. The molecule has 1 saturated carbocycles. The number of amides is 1. The van der Waals surface area contributed by atoms with Crippen LogP contribution in [-0.2, 0) is 0 Å². The van der Waals surface area contributed by atoms with E-state index in [1.165, 1.54) is 4.80 Å². The Bertz CT molecular complexity index is 683. The molecule has 3 unspecified atom stereocenters. The van der Waals surface area contributed by atoms with Gasteiger partial charge in [-0.3, -0.25) is 4.79 Å². The van der Waals surface area contributed by atoms with Crippen LogP contribution in [0.3, 0.4) is 0 Å². The number of rotatable bonds is 2. The minimum absolute atomic E-state index is 0.0382. The average molecular weight is 297 g/mol. The standard InChI is InChI=1S/C16H19N5O/c17-14-7-6-11-9-20(10-13(11)14)16(22)15-8-18-21(19-15)12-4-2-1-3-5-12/h1-5,8,11,13-14H,6-7,9-10,17H2. The minimum Gasteiger partial charge on any atom is -0.337 e. The quantitative estimate of drug-likeness (QED) is 0.899. The van der Waals surface area contributed by atoms with Gasteiger partial charge >= 0.3 is 0 Å². The molecule has 4 rings (SSSR count). The maximum absolute atomic E-state index is 12.6. The number of nitrogens with two attached hydrogens (primary N) is 1. The second-order valence-corrected chi connectivity index (χ2v) is 6.23. The van der Waals surface area contributed by atoms with Crippen LogP contribution in [-0.4, -0.2) is 44.9 Å². The monoisotopic (exact) mass is 297 g/mol. The molecule has 0 spiro atoms. The van der Waals surface area contributed by atoms with Crippen molar-refractivity contribution < 1.29 is 4.79 Å². The second kappa shape index (κ2) is 5.21. The Morgan fingerprint density at radius 3 is 2.77 bits per heavy atom. The SMILES string of the molecule is NC1CCC2CN(C(=O)c3cnn(-c4ccccc4)n3)CC12. The zero-order chi connectivity index (χ0) is 15.1. The zero-order valence-corrected chi connectivity index (χ0v) is 12.3. The van der Waals surface area contributed by atoms with Gasteiger partial charge in [-0.25, -0.2) is 0 Å². The minimum atomic E-state index is -0.0382. The normalized spacial score (nSPS) is 27.1. The molecule has 1 aromatic carbocycles. The lowest BCUT2D eigenvalue weighted by Gasteiger charge is -2.17. The predicted octanol–water partition coefficient (Wildman–Crippen LogP) is 1.08. The lowest BCUT2D eigenvalue weighted by Crippen LogP contribution is -2.33. The first kappa shape index (κ1) is 13.5. The van der Waals surface area contributed by atoms with Crippen LogP contribution < -0.4 is 5.73 Å². The number of benzene rings is 1. The lowest BCUT2D eigenvalue weighted by molar-refractivity contribution is 0.0773. The van der Waals surface area contributed by atoms with Crippen molar-refractivity contribution in [2.75, 3.05) is 13.1 Å². The summed E-state index contributed by atoms with van der Waals surface area (Å²) in [6, 6.07) is 9.83. The number of hydrogen-bond donors (Lipinski definition) is 1. The van der Waals surface area contributed by atoms with Gasteiger partial charge in [-0.2, -0.15) is 9.90 Å². The third-order valence-corrected chi connectivity index (χ3v) is 4.90. The van der Waals surface area contributed by atoms with Crippen molar-refractivity contribution in [3.63, 3.8) is 0 Å². The molecule has 1 amide bonds. The van der Waals surface area contributed by atoms with Gasteiger partial charge in [0, 0.05) is 19.1 Å². The molecule has 22 heavy (non-hydrogen) atoms. The summed E-state index contributed by atoms with van der Waals surface area (Å²) in [5, 5.41) is 8.52. The molecule has 2 aromatic rings. The van der Waals surface area contributed by atoms with E-state index >= 15 is 0 Å². The Labute approximate surface area is 128 Å². The summed E-state index contributed by atoms with van der Waals surface area (Å²) in [5.74, 6) is 0.972. The van der Waals surface area contributed by atoms with Gasteiger partial charge in [0.15, 0.2) is 5.69 Å². The van der Waals surface area contributed by atoms with Gasteiger partial charge in [-0.15, -0.1) is 5.10 Å². The maximum Gasteiger partial charge on any atom is 0.276 e. The van der Waals surface area contributed by atoms with E-state index in [4.69, 9.17) is 5.73 Å². The highest BCUT2D eigenvalue weighted by molar-refractivity contribution is 5.92. The molecule has 0 radical (unpaired) electrons. The second-order valence-electron chi connectivity index (χ2n) is 6.23. The molecule has 2 heterocycles. The fourth-order valence-electron chi connectivity index (χ4n) is 3.68. The molecule has 6 heteroatoms. The highest BCUT2D eigenvalue weighted by atomic mass is 16.2. The highest BCUT2D eigenvalue weighted by Crippen LogP contribution is 2.37. The Hall–Kier alpha value is -2.21. The molecule has 1 aliphatic carbocycles. The van der Waals surface area contributed by atoms with E-state index in [1.54, 1.807) is 6.20 Å². The van der Waals surface area contributed by atoms with Crippen LogP contribution in [0.4, 0.5) is 0 Å². The molecular formula is C16H19N5O. The lowest BCUT2D eigenvalue weighted by atomic mass is 9.98. The first-order valence-electron chi connectivity index (χ1n) is 7.75. The van der Waals surface area contributed by atoms with E-state index in [2.05, 4.69) is 10.2 Å². The van der Waals surface area contributed by atoms with Crippen molar-refractivity contribution in [2.24, 2.45) is 17.6 Å². The molecule has 2 aliphatic rings. The number of carbonyl (C=O) groups excluding carboxylic acids is 1. The van der Waals surface area contributed by atoms with Crippen molar-refractivity contribution in [1.82, 2.24) is 19.9 Å². The number of para-hydroxylation sites is 1. The Kier molecular flexibility index (Phi) is 3.18. The third kappa shape index (κ3) is 2.20. The number of aromatic nitrogens is 3. The Morgan fingerprint density at radius 1 is 1.18 bits per heavy atom. The van der Waals surface area contributed by atoms with Gasteiger partial charge in [0.05, 0.1) is 11.9 Å². The van der Waals surface area contributed by atoms with Crippen LogP contribution in [0, 0.1) is 11.8 Å². The Morgan fingerprint density at radius 2 is 2.00 bits per heavy atom. The van der Waals surface area contributed by atoms with Gasteiger partial charge in [0.1, 0.15) is 0 Å². The van der Waals surface area contributed by atoms with Gasteiger partial charge in [-0.1, -0.05) is 18.2 Å². The molecule has 2 N–H and O–H groups in total. The first-order valence-corrected chi connectivity index (χ1v) is 7.75. The number of fused-ring (bicyclic) bond motifs is 1. The van der Waals surface area contributed by atoms with E-state index in [0.717, 1.165) is 31.6 Å². The third-order valence-electron chi connectivity index (χ3n) is 4.90. The van der Waals surface area contributed by atoms with E-state index in [1.807, 2.05) is 35.2 Å². The molecule has 6 nitrogen and oxygen atoms in total. The number of carbonyl (C=O) groups is 1. The van der Waals surface area contributed by atoms with Crippen molar-refractivity contribution in [1.29, 1.82) is 0 Å². The molecular weight excluding hydrogens is 278 g/mol. The topological polar surface area (TPSA) is 77.0 Å². The largest absolute Gasteiger partial charge is 0.337 e. The summed E-state index contributed by atoms with van der Waals surface area (Å²) < 4.78 is 0. The predicted molar refractivity (Wildman–Crippen MR) is 81.5 cm³/mol. The fraction of sp³-hybridized carbons (Fsp3) is 0.438. The van der Waals surface area contributed by atoms with Gasteiger partial charge in [0.2, 0.25) is 0 Å². The Balaban J connectivity index is 1.51. The summed E-state index contributed by atoms with van der Waals surface area (Å²) in [6.07, 6.45) is 3.76. The molecule has 114 valence electrons. The van der Waals surface area contributed by atoms with E-state index in [-0.39, 0.29) is 11.9 Å². The van der Waals surface area contributed by atoms with E-state index in [9.17, 15) is 4.79 Å². The summed E-state index contributed by atoms with van der Waals surface area (Å²) in [4.78, 5) is 16.0. The van der Waals surface area contributed by atoms with Crippen molar-refractivity contribution in [3.8, 4) is 5.69 Å². The molecule has 1 aromatic heterocycles. The van der Waals surface area contributed by atoms with Gasteiger partial charge in [0.25, 0.3) is 5.91 Å². The van der Waals surface area contributed by atoms with Gasteiger partial charge in [-0.05, 0) is 36.8 Å². The molecule has 2 fully saturated rings. The maximum atomic E-state index is 12.6. The first-order chi connectivity index (χ1) is 10.7. The number of hydrogen-bond acceptors (Lipinski definition) is 4. The van der Waals surface area contributed by atoms with Crippen LogP contribution >= 0.6 is 0 Å².